The van der Waals surface area contributed by atoms with Gasteiger partial charge in [0.15, 0.2) is 6.10 Å². The summed E-state index contributed by atoms with van der Waals surface area (Å²) in [5.41, 5.74) is 0.922. The van der Waals surface area contributed by atoms with Gasteiger partial charge in [-0.3, -0.25) is 4.79 Å². The predicted molar refractivity (Wildman–Crippen MR) is 76.3 cm³/mol. The van der Waals surface area contributed by atoms with E-state index in [1.54, 1.807) is 19.1 Å². The third kappa shape index (κ3) is 4.02. The van der Waals surface area contributed by atoms with Crippen molar-refractivity contribution in [2.24, 2.45) is 0 Å². The van der Waals surface area contributed by atoms with Crippen LogP contribution in [0.2, 0.25) is 0 Å². The van der Waals surface area contributed by atoms with Crippen LogP contribution in [0.1, 0.15) is 12.5 Å². The molecule has 1 N–H and O–H groups in total. The molecule has 0 aliphatic rings. The summed E-state index contributed by atoms with van der Waals surface area (Å²) in [7, 11) is 0. The standard InChI is InChI=1S/C16H15F2NO2/c1-10-4-3-5-13(8-10)21-11(2)16(20)19-15-7-6-12(17)9-14(15)18/h3-9,11H,1-2H3,(H,19,20). The smallest absolute Gasteiger partial charge is 0.265 e. The van der Waals surface area contributed by atoms with Crippen molar-refractivity contribution in [2.75, 3.05) is 5.32 Å². The van der Waals surface area contributed by atoms with Crippen molar-refractivity contribution < 1.29 is 18.3 Å². The lowest BCUT2D eigenvalue weighted by atomic mass is 10.2. The highest BCUT2D eigenvalue weighted by Crippen LogP contribution is 2.17. The van der Waals surface area contributed by atoms with Crippen LogP contribution in [0.4, 0.5) is 14.5 Å². The van der Waals surface area contributed by atoms with Gasteiger partial charge < -0.3 is 10.1 Å². The summed E-state index contributed by atoms with van der Waals surface area (Å²) in [5, 5.41) is 2.37. The molecule has 0 heterocycles. The first-order valence-corrected chi connectivity index (χ1v) is 6.45. The van der Waals surface area contributed by atoms with E-state index < -0.39 is 23.6 Å². The average Bonchev–Trinajstić information content (AvgIpc) is 2.41. The van der Waals surface area contributed by atoms with Gasteiger partial charge in [0.05, 0.1) is 5.69 Å². The molecule has 0 saturated heterocycles. The largest absolute Gasteiger partial charge is 0.481 e. The van der Waals surface area contributed by atoms with Crippen LogP contribution >= 0.6 is 0 Å². The molecule has 0 spiro atoms. The maximum Gasteiger partial charge on any atom is 0.265 e. The first-order chi connectivity index (χ1) is 9.95. The van der Waals surface area contributed by atoms with E-state index >= 15 is 0 Å². The molecule has 2 rings (SSSR count). The fourth-order valence-electron chi connectivity index (χ4n) is 1.77. The molecule has 1 amide bonds. The molecule has 0 aliphatic heterocycles. The van der Waals surface area contributed by atoms with Crippen LogP contribution in [0.3, 0.4) is 0 Å². The monoisotopic (exact) mass is 291 g/mol. The van der Waals surface area contributed by atoms with Crippen LogP contribution < -0.4 is 10.1 Å². The fraction of sp³-hybridized carbons (Fsp3) is 0.188. The number of benzene rings is 2. The number of nitrogens with one attached hydrogen (secondary N) is 1. The quantitative estimate of drug-likeness (QED) is 0.933. The van der Waals surface area contributed by atoms with Crippen molar-refractivity contribution in [3.8, 4) is 5.75 Å². The molecule has 1 atom stereocenters. The van der Waals surface area contributed by atoms with Gasteiger partial charge in [-0.2, -0.15) is 0 Å². The van der Waals surface area contributed by atoms with Crippen molar-refractivity contribution in [1.82, 2.24) is 0 Å². The van der Waals surface area contributed by atoms with E-state index in [-0.39, 0.29) is 5.69 Å². The normalized spacial score (nSPS) is 11.8. The van der Waals surface area contributed by atoms with Crippen molar-refractivity contribution in [3.05, 3.63) is 59.7 Å². The van der Waals surface area contributed by atoms with E-state index in [1.807, 2.05) is 19.1 Å². The van der Waals surface area contributed by atoms with E-state index in [9.17, 15) is 13.6 Å². The van der Waals surface area contributed by atoms with Crippen LogP contribution in [0, 0.1) is 18.6 Å². The van der Waals surface area contributed by atoms with Gasteiger partial charge in [0, 0.05) is 6.07 Å². The number of anilines is 1. The Morgan fingerprint density at radius 2 is 1.95 bits per heavy atom. The number of halogens is 2. The first kappa shape index (κ1) is 15.0. The molecule has 2 aromatic rings. The number of ether oxygens (including phenoxy) is 1. The Labute approximate surface area is 121 Å². The molecule has 2 aromatic carbocycles. The predicted octanol–water partition coefficient (Wildman–Crippen LogP) is 3.68. The van der Waals surface area contributed by atoms with Gasteiger partial charge in [0.1, 0.15) is 17.4 Å². The summed E-state index contributed by atoms with van der Waals surface area (Å²) in [6, 6.07) is 10.2. The molecule has 0 fully saturated rings. The molecule has 5 heteroatoms. The molecule has 0 radical (unpaired) electrons. The summed E-state index contributed by atoms with van der Waals surface area (Å²) in [6.45, 7) is 3.46. The van der Waals surface area contributed by atoms with Gasteiger partial charge >= 0.3 is 0 Å². The summed E-state index contributed by atoms with van der Waals surface area (Å²) < 4.78 is 31.7. The molecule has 110 valence electrons. The lowest BCUT2D eigenvalue weighted by Gasteiger charge is -2.15. The third-order valence-corrected chi connectivity index (χ3v) is 2.86. The minimum Gasteiger partial charge on any atom is -0.481 e. The Kier molecular flexibility index (Phi) is 4.52. The van der Waals surface area contributed by atoms with E-state index in [0.717, 1.165) is 11.6 Å². The zero-order valence-electron chi connectivity index (χ0n) is 11.7. The van der Waals surface area contributed by atoms with Crippen LogP contribution in [0.25, 0.3) is 0 Å². The van der Waals surface area contributed by atoms with E-state index in [2.05, 4.69) is 5.32 Å². The number of carbonyl (C=O) groups is 1. The second kappa shape index (κ2) is 6.35. The number of carbonyl (C=O) groups excluding carboxylic acids is 1. The van der Waals surface area contributed by atoms with Crippen LogP contribution in [-0.4, -0.2) is 12.0 Å². The Hall–Kier alpha value is -2.43. The van der Waals surface area contributed by atoms with Crippen molar-refractivity contribution >= 4 is 11.6 Å². The van der Waals surface area contributed by atoms with Crippen molar-refractivity contribution in [2.45, 2.75) is 20.0 Å². The van der Waals surface area contributed by atoms with Crippen molar-refractivity contribution in [3.63, 3.8) is 0 Å². The summed E-state index contributed by atoms with van der Waals surface area (Å²) in [5.74, 6) is -1.49. The second-order valence-electron chi connectivity index (χ2n) is 4.69. The highest BCUT2D eigenvalue weighted by Gasteiger charge is 2.16. The fourth-order valence-corrected chi connectivity index (χ4v) is 1.77. The third-order valence-electron chi connectivity index (χ3n) is 2.86. The van der Waals surface area contributed by atoms with E-state index in [1.165, 1.54) is 6.07 Å². The number of rotatable bonds is 4. The van der Waals surface area contributed by atoms with Crippen molar-refractivity contribution in [1.29, 1.82) is 0 Å². The number of amides is 1. The van der Waals surface area contributed by atoms with Gasteiger partial charge in [0.25, 0.3) is 5.91 Å². The van der Waals surface area contributed by atoms with Gasteiger partial charge in [-0.15, -0.1) is 0 Å². The lowest BCUT2D eigenvalue weighted by molar-refractivity contribution is -0.122. The van der Waals surface area contributed by atoms with Gasteiger partial charge in [-0.25, -0.2) is 8.78 Å². The first-order valence-electron chi connectivity index (χ1n) is 6.45. The zero-order valence-corrected chi connectivity index (χ0v) is 11.7. The zero-order chi connectivity index (χ0) is 15.4. The molecule has 0 aromatic heterocycles. The van der Waals surface area contributed by atoms with Crippen LogP contribution in [-0.2, 0) is 4.79 Å². The minimum atomic E-state index is -0.828. The average molecular weight is 291 g/mol. The number of aryl methyl sites for hydroxylation is 1. The molecule has 0 saturated carbocycles. The van der Waals surface area contributed by atoms with E-state index in [0.29, 0.717) is 11.8 Å². The summed E-state index contributed by atoms with van der Waals surface area (Å²) in [6.07, 6.45) is -0.809. The number of hydrogen-bond acceptors (Lipinski definition) is 2. The minimum absolute atomic E-state index is 0.0823. The highest BCUT2D eigenvalue weighted by atomic mass is 19.1. The molecule has 0 bridgehead atoms. The topological polar surface area (TPSA) is 38.3 Å². The van der Waals surface area contributed by atoms with Gasteiger partial charge in [0.2, 0.25) is 0 Å². The van der Waals surface area contributed by atoms with Crippen LogP contribution in [0.15, 0.2) is 42.5 Å². The van der Waals surface area contributed by atoms with E-state index in [4.69, 9.17) is 4.74 Å². The molecule has 3 nitrogen and oxygen atoms in total. The Bertz CT molecular complexity index is 658. The Morgan fingerprint density at radius 3 is 2.62 bits per heavy atom. The lowest BCUT2D eigenvalue weighted by Crippen LogP contribution is -2.30. The summed E-state index contributed by atoms with van der Waals surface area (Å²) in [4.78, 5) is 11.9. The number of hydrogen-bond donors (Lipinski definition) is 1. The Balaban J connectivity index is 2.02. The molecule has 1 unspecified atom stereocenters. The SMILES string of the molecule is Cc1cccc(OC(C)C(=O)Nc2ccc(F)cc2F)c1. The maximum atomic E-state index is 13.5. The highest BCUT2D eigenvalue weighted by molar-refractivity contribution is 5.94. The molecule has 0 aliphatic carbocycles. The van der Waals surface area contributed by atoms with Gasteiger partial charge in [-0.05, 0) is 43.7 Å². The van der Waals surface area contributed by atoms with Gasteiger partial charge in [-0.1, -0.05) is 12.1 Å². The second-order valence-corrected chi connectivity index (χ2v) is 4.69. The van der Waals surface area contributed by atoms with Crippen LogP contribution in [0.5, 0.6) is 5.75 Å². The molecular weight excluding hydrogens is 276 g/mol. The summed E-state index contributed by atoms with van der Waals surface area (Å²) >= 11 is 0. The Morgan fingerprint density at radius 1 is 1.19 bits per heavy atom. The molecule has 21 heavy (non-hydrogen) atoms. The maximum absolute atomic E-state index is 13.5. The molecular formula is C16H15F2NO2.